The van der Waals surface area contributed by atoms with Crippen LogP contribution in [0.25, 0.3) is 28.0 Å². The molecule has 1 aliphatic heterocycles. The van der Waals surface area contributed by atoms with Gasteiger partial charge >= 0.3 is 5.63 Å². The Morgan fingerprint density at radius 3 is 2.56 bits per heavy atom. The van der Waals surface area contributed by atoms with Crippen molar-refractivity contribution in [2.45, 2.75) is 39.7 Å². The molecule has 0 saturated heterocycles. The van der Waals surface area contributed by atoms with Crippen molar-refractivity contribution in [2.24, 2.45) is 0 Å². The lowest BCUT2D eigenvalue weighted by Crippen LogP contribution is -2.17. The maximum absolute atomic E-state index is 12.6. The quantitative estimate of drug-likeness (QED) is 0.522. The van der Waals surface area contributed by atoms with Gasteiger partial charge < -0.3 is 13.6 Å². The molecule has 0 fully saturated rings. The molecule has 0 amide bonds. The summed E-state index contributed by atoms with van der Waals surface area (Å²) in [6.07, 6.45) is 5.26. The van der Waals surface area contributed by atoms with Gasteiger partial charge in [-0.25, -0.2) is 4.79 Å². The van der Waals surface area contributed by atoms with E-state index < -0.39 is 5.63 Å². The summed E-state index contributed by atoms with van der Waals surface area (Å²) in [6, 6.07) is 2.88. The first-order chi connectivity index (χ1) is 12.0. The highest BCUT2D eigenvalue weighted by Gasteiger charge is 2.26. The summed E-state index contributed by atoms with van der Waals surface area (Å²) in [4.78, 5) is 24.7. The maximum atomic E-state index is 12.6. The van der Waals surface area contributed by atoms with E-state index in [-0.39, 0.29) is 22.5 Å². The summed E-state index contributed by atoms with van der Waals surface area (Å²) in [6.45, 7) is 5.71. The first-order valence-corrected chi connectivity index (χ1v) is 8.45. The Hall–Kier alpha value is -2.82. The van der Waals surface area contributed by atoms with Crippen molar-refractivity contribution in [1.82, 2.24) is 0 Å². The van der Waals surface area contributed by atoms with Gasteiger partial charge in [0.1, 0.15) is 23.0 Å². The fourth-order valence-electron chi connectivity index (χ4n) is 3.39. The van der Waals surface area contributed by atoms with Crippen LogP contribution in [0.1, 0.15) is 37.2 Å². The Balaban J connectivity index is 2.31. The summed E-state index contributed by atoms with van der Waals surface area (Å²) in [5.41, 5.74) is 1.45. The van der Waals surface area contributed by atoms with Crippen molar-refractivity contribution in [3.63, 3.8) is 0 Å². The van der Waals surface area contributed by atoms with Gasteiger partial charge in [0.25, 0.3) is 0 Å². The summed E-state index contributed by atoms with van der Waals surface area (Å²) in [5, 5.41) is 0.971. The average molecular weight is 338 g/mol. The normalized spacial score (nSPS) is 16.2. The third-order valence-corrected chi connectivity index (χ3v) is 4.59. The molecule has 0 spiro atoms. The highest BCUT2D eigenvalue weighted by Crippen LogP contribution is 2.42. The van der Waals surface area contributed by atoms with Crippen molar-refractivity contribution in [3.8, 4) is 5.75 Å². The molecule has 0 bridgehead atoms. The van der Waals surface area contributed by atoms with E-state index in [4.69, 9.17) is 13.6 Å². The average Bonchev–Trinajstić information content (AvgIpc) is 2.59. The van der Waals surface area contributed by atoms with Gasteiger partial charge in [-0.05, 0) is 37.5 Å². The number of benzene rings is 1. The van der Waals surface area contributed by atoms with Crippen LogP contribution in [-0.4, -0.2) is 6.10 Å². The minimum Gasteiger partial charge on any atom is -0.485 e. The van der Waals surface area contributed by atoms with Crippen LogP contribution in [0.4, 0.5) is 0 Å². The van der Waals surface area contributed by atoms with Gasteiger partial charge in [0.05, 0.1) is 10.9 Å². The van der Waals surface area contributed by atoms with Crippen LogP contribution >= 0.6 is 0 Å². The van der Waals surface area contributed by atoms with E-state index in [9.17, 15) is 9.59 Å². The monoisotopic (exact) mass is 338 g/mol. The van der Waals surface area contributed by atoms with Crippen molar-refractivity contribution in [1.29, 1.82) is 0 Å². The van der Waals surface area contributed by atoms with Crippen LogP contribution in [0.2, 0.25) is 0 Å². The number of ether oxygens (including phenoxy) is 1. The molecular weight excluding hydrogens is 320 g/mol. The number of fused-ring (bicyclic) bond motifs is 6. The summed E-state index contributed by atoms with van der Waals surface area (Å²) in [7, 11) is 0. The molecule has 128 valence electrons. The summed E-state index contributed by atoms with van der Waals surface area (Å²) >= 11 is 0. The predicted octanol–water partition coefficient (Wildman–Crippen LogP) is 3.95. The molecule has 25 heavy (non-hydrogen) atoms. The molecule has 0 radical (unpaired) electrons. The van der Waals surface area contributed by atoms with Crippen LogP contribution in [0.5, 0.6) is 5.75 Å². The SMILES string of the molecule is CCc1cc(=O)oc2c1c1c(c3oc(C)cc(=O)c32)C=CC(CC)O1. The van der Waals surface area contributed by atoms with E-state index in [0.29, 0.717) is 28.9 Å². The van der Waals surface area contributed by atoms with Crippen LogP contribution in [0, 0.1) is 6.92 Å². The zero-order valence-corrected chi connectivity index (χ0v) is 14.3. The standard InChI is InChI=1S/C20H18O5/c1-4-11-9-15(22)25-20-16(11)18-13(7-6-12(5-2)24-18)19-17(20)14(21)8-10(3)23-19/h6-9,12H,4-5H2,1-3H3. The van der Waals surface area contributed by atoms with Crippen LogP contribution in [0.3, 0.4) is 0 Å². The first kappa shape index (κ1) is 15.7. The molecule has 2 aromatic heterocycles. The maximum Gasteiger partial charge on any atom is 0.336 e. The third-order valence-electron chi connectivity index (χ3n) is 4.59. The molecule has 5 heteroatoms. The lowest BCUT2D eigenvalue weighted by Gasteiger charge is -2.23. The van der Waals surface area contributed by atoms with E-state index in [1.54, 1.807) is 6.92 Å². The zero-order chi connectivity index (χ0) is 17.7. The van der Waals surface area contributed by atoms with Gasteiger partial charge in [-0.3, -0.25) is 4.79 Å². The van der Waals surface area contributed by atoms with E-state index in [1.165, 1.54) is 12.1 Å². The molecule has 5 nitrogen and oxygen atoms in total. The van der Waals surface area contributed by atoms with Gasteiger partial charge in [0, 0.05) is 12.1 Å². The Labute approximate surface area is 143 Å². The molecule has 3 aromatic rings. The van der Waals surface area contributed by atoms with Gasteiger partial charge in [-0.2, -0.15) is 0 Å². The summed E-state index contributed by atoms with van der Waals surface area (Å²) in [5.74, 6) is 1.12. The van der Waals surface area contributed by atoms with Crippen molar-refractivity contribution < 1.29 is 13.6 Å². The molecule has 0 saturated carbocycles. The Morgan fingerprint density at radius 2 is 1.84 bits per heavy atom. The second-order valence-electron chi connectivity index (χ2n) is 6.24. The fourth-order valence-corrected chi connectivity index (χ4v) is 3.39. The van der Waals surface area contributed by atoms with E-state index in [2.05, 4.69) is 0 Å². The van der Waals surface area contributed by atoms with Crippen molar-refractivity contribution in [2.75, 3.05) is 0 Å². The Kier molecular flexibility index (Phi) is 3.53. The molecule has 1 unspecified atom stereocenters. The number of aryl methyl sites for hydroxylation is 2. The topological polar surface area (TPSA) is 69.7 Å². The van der Waals surface area contributed by atoms with Crippen molar-refractivity contribution >= 4 is 28.0 Å². The van der Waals surface area contributed by atoms with Gasteiger partial charge in [0.15, 0.2) is 16.6 Å². The third kappa shape index (κ3) is 2.30. The minimum atomic E-state index is -0.482. The van der Waals surface area contributed by atoms with Gasteiger partial charge in [-0.15, -0.1) is 0 Å². The van der Waals surface area contributed by atoms with E-state index >= 15 is 0 Å². The molecule has 1 aromatic carbocycles. The van der Waals surface area contributed by atoms with Gasteiger partial charge in [-0.1, -0.05) is 13.8 Å². The predicted molar refractivity (Wildman–Crippen MR) is 96.4 cm³/mol. The number of hydrogen-bond donors (Lipinski definition) is 0. The van der Waals surface area contributed by atoms with Crippen LogP contribution in [0.15, 0.2) is 36.6 Å². The second-order valence-corrected chi connectivity index (χ2v) is 6.24. The van der Waals surface area contributed by atoms with Crippen LogP contribution in [-0.2, 0) is 6.42 Å². The highest BCUT2D eigenvalue weighted by molar-refractivity contribution is 6.10. The highest BCUT2D eigenvalue weighted by atomic mass is 16.5. The molecule has 0 N–H and O–H groups in total. The molecule has 3 heterocycles. The Morgan fingerprint density at radius 1 is 1.04 bits per heavy atom. The lowest BCUT2D eigenvalue weighted by atomic mass is 9.97. The fraction of sp³-hybridized carbons (Fsp3) is 0.300. The van der Waals surface area contributed by atoms with E-state index in [0.717, 1.165) is 17.5 Å². The zero-order valence-electron chi connectivity index (χ0n) is 14.3. The second kappa shape index (κ2) is 5.62. The molecule has 1 aliphatic rings. The summed E-state index contributed by atoms with van der Waals surface area (Å²) < 4.78 is 17.4. The molecule has 0 aliphatic carbocycles. The van der Waals surface area contributed by atoms with Crippen molar-refractivity contribution in [3.05, 3.63) is 55.7 Å². The lowest BCUT2D eigenvalue weighted by molar-refractivity contribution is 0.244. The largest absolute Gasteiger partial charge is 0.485 e. The minimum absolute atomic E-state index is 0.0682. The van der Waals surface area contributed by atoms with E-state index in [1.807, 2.05) is 26.0 Å². The Bertz CT molecular complexity index is 1150. The number of rotatable bonds is 2. The smallest absolute Gasteiger partial charge is 0.336 e. The molecule has 4 rings (SSSR count). The van der Waals surface area contributed by atoms with Crippen LogP contribution < -0.4 is 15.8 Å². The molecular formula is C20H18O5. The first-order valence-electron chi connectivity index (χ1n) is 8.45. The van der Waals surface area contributed by atoms with Gasteiger partial charge in [0.2, 0.25) is 0 Å². The molecule has 1 atom stereocenters. The number of hydrogen-bond acceptors (Lipinski definition) is 5.